The molecule has 2 amide bonds. The fourth-order valence-corrected chi connectivity index (χ4v) is 4.89. The molecule has 2 N–H and O–H groups in total. The molecule has 0 saturated carbocycles. The van der Waals surface area contributed by atoms with Gasteiger partial charge in [-0.05, 0) is 67.9 Å². The van der Waals surface area contributed by atoms with E-state index in [2.05, 4.69) is 26.2 Å². The van der Waals surface area contributed by atoms with Crippen LogP contribution in [0.2, 0.25) is 0 Å². The second kappa shape index (κ2) is 6.71. The number of amides is 2. The van der Waals surface area contributed by atoms with Gasteiger partial charge in [-0.25, -0.2) is 4.90 Å². The van der Waals surface area contributed by atoms with Crippen LogP contribution in [0.1, 0.15) is 28.9 Å². The van der Waals surface area contributed by atoms with Crippen molar-refractivity contribution >= 4 is 44.3 Å². The van der Waals surface area contributed by atoms with E-state index in [1.165, 1.54) is 4.90 Å². The molecule has 0 radical (unpaired) electrons. The lowest BCUT2D eigenvalue weighted by Gasteiger charge is -2.32. The van der Waals surface area contributed by atoms with Crippen molar-refractivity contribution in [1.29, 1.82) is 0 Å². The summed E-state index contributed by atoms with van der Waals surface area (Å²) in [6.07, 6.45) is 1.37. The predicted molar refractivity (Wildman–Crippen MR) is 115 cm³/mol. The van der Waals surface area contributed by atoms with Crippen molar-refractivity contribution in [2.24, 2.45) is 0 Å². The second-order valence-corrected chi connectivity index (χ2v) is 8.49. The third kappa shape index (κ3) is 2.72. The Kier molecular flexibility index (Phi) is 4.26. The van der Waals surface area contributed by atoms with Gasteiger partial charge in [0.2, 0.25) is 5.91 Å². The van der Waals surface area contributed by atoms with Gasteiger partial charge in [0.1, 0.15) is 11.4 Å². The molecule has 3 aromatic rings. The molecule has 6 nitrogen and oxygen atoms in total. The zero-order valence-corrected chi connectivity index (χ0v) is 17.5. The molecule has 1 fully saturated rings. The smallest absolute Gasteiger partial charge is 0.281 e. The van der Waals surface area contributed by atoms with E-state index in [4.69, 9.17) is 4.74 Å². The van der Waals surface area contributed by atoms with Gasteiger partial charge in [-0.15, -0.1) is 0 Å². The number of anilines is 1. The summed E-state index contributed by atoms with van der Waals surface area (Å²) in [4.78, 5) is 31.6. The fraction of sp³-hybridized carbons (Fsp3) is 0.273. The fourth-order valence-electron chi connectivity index (χ4n) is 4.53. The van der Waals surface area contributed by atoms with E-state index >= 15 is 0 Å². The lowest BCUT2D eigenvalue weighted by Crippen LogP contribution is -2.48. The Morgan fingerprint density at radius 3 is 2.69 bits per heavy atom. The SMILES string of the molecule is COc1ccc2cc(C(=O)N3C(=O)C4(CCNCC4)c4cc(Br)ccc43)[nH]c2c1. The number of benzene rings is 2. The maximum absolute atomic E-state index is 13.6. The summed E-state index contributed by atoms with van der Waals surface area (Å²) < 4.78 is 6.17. The monoisotopic (exact) mass is 453 g/mol. The van der Waals surface area contributed by atoms with Crippen LogP contribution < -0.4 is 15.0 Å². The van der Waals surface area contributed by atoms with Crippen molar-refractivity contribution in [1.82, 2.24) is 10.3 Å². The number of aromatic amines is 1. The molecule has 2 aliphatic heterocycles. The topological polar surface area (TPSA) is 74.4 Å². The first-order valence-corrected chi connectivity index (χ1v) is 10.4. The molecule has 0 aliphatic carbocycles. The average Bonchev–Trinajstić information content (AvgIpc) is 3.26. The summed E-state index contributed by atoms with van der Waals surface area (Å²) in [5.41, 5.74) is 2.16. The minimum atomic E-state index is -0.644. The third-order valence-corrected chi connectivity index (χ3v) is 6.54. The molecule has 148 valence electrons. The number of piperidine rings is 1. The minimum Gasteiger partial charge on any atom is -0.497 e. The van der Waals surface area contributed by atoms with Crippen LogP contribution in [0.5, 0.6) is 5.75 Å². The summed E-state index contributed by atoms with van der Waals surface area (Å²) in [6, 6.07) is 13.1. The van der Waals surface area contributed by atoms with E-state index in [1.807, 2.05) is 36.4 Å². The number of carbonyl (C=O) groups excluding carboxylic acids is 2. The molecule has 1 aromatic heterocycles. The Morgan fingerprint density at radius 2 is 1.93 bits per heavy atom. The highest BCUT2D eigenvalue weighted by Crippen LogP contribution is 2.48. The molecule has 0 bridgehead atoms. The highest BCUT2D eigenvalue weighted by atomic mass is 79.9. The number of ether oxygens (including phenoxy) is 1. The average molecular weight is 454 g/mol. The molecule has 29 heavy (non-hydrogen) atoms. The van der Waals surface area contributed by atoms with Crippen LogP contribution in [0.25, 0.3) is 10.9 Å². The summed E-state index contributed by atoms with van der Waals surface area (Å²) in [5.74, 6) is 0.247. The quantitative estimate of drug-likeness (QED) is 0.579. The highest BCUT2D eigenvalue weighted by molar-refractivity contribution is 9.10. The lowest BCUT2D eigenvalue weighted by atomic mass is 9.74. The van der Waals surface area contributed by atoms with Gasteiger partial charge in [0.25, 0.3) is 5.91 Å². The van der Waals surface area contributed by atoms with Crippen molar-refractivity contribution in [3.05, 3.63) is 58.2 Å². The second-order valence-electron chi connectivity index (χ2n) is 7.58. The van der Waals surface area contributed by atoms with Gasteiger partial charge in [0.15, 0.2) is 0 Å². The number of aromatic nitrogens is 1. The predicted octanol–water partition coefficient (Wildman–Crippen LogP) is 3.75. The van der Waals surface area contributed by atoms with Crippen molar-refractivity contribution in [2.75, 3.05) is 25.1 Å². The van der Waals surface area contributed by atoms with Crippen molar-refractivity contribution in [3.8, 4) is 5.75 Å². The number of hydrogen-bond acceptors (Lipinski definition) is 4. The van der Waals surface area contributed by atoms with Crippen LogP contribution in [0.15, 0.2) is 46.9 Å². The molecule has 7 heteroatoms. The van der Waals surface area contributed by atoms with Gasteiger partial charge in [0, 0.05) is 21.4 Å². The molecule has 1 spiro atoms. The summed E-state index contributed by atoms with van der Waals surface area (Å²) >= 11 is 3.53. The van der Waals surface area contributed by atoms with Gasteiger partial charge in [-0.3, -0.25) is 9.59 Å². The van der Waals surface area contributed by atoms with E-state index < -0.39 is 5.41 Å². The summed E-state index contributed by atoms with van der Waals surface area (Å²) in [5, 5.41) is 4.22. The van der Waals surface area contributed by atoms with E-state index in [0.717, 1.165) is 34.0 Å². The normalized spacial score (nSPS) is 17.7. The number of H-pyrrole nitrogens is 1. The molecular formula is C22H20BrN3O3. The number of fused-ring (bicyclic) bond motifs is 3. The molecule has 5 rings (SSSR count). The van der Waals surface area contributed by atoms with Gasteiger partial charge in [0.05, 0.1) is 18.2 Å². The number of methoxy groups -OCH3 is 1. The Morgan fingerprint density at radius 1 is 1.14 bits per heavy atom. The molecule has 3 heterocycles. The molecule has 1 saturated heterocycles. The number of imide groups is 1. The van der Waals surface area contributed by atoms with Crippen molar-refractivity contribution in [3.63, 3.8) is 0 Å². The highest BCUT2D eigenvalue weighted by Gasteiger charge is 2.53. The Hall–Kier alpha value is -2.64. The van der Waals surface area contributed by atoms with Crippen LogP contribution in [0.4, 0.5) is 5.69 Å². The minimum absolute atomic E-state index is 0.131. The van der Waals surface area contributed by atoms with Crippen LogP contribution >= 0.6 is 15.9 Å². The first-order chi connectivity index (χ1) is 14.0. The maximum atomic E-state index is 13.6. The molecule has 2 aliphatic rings. The van der Waals surface area contributed by atoms with Crippen LogP contribution in [-0.4, -0.2) is 37.0 Å². The van der Waals surface area contributed by atoms with Crippen molar-refractivity contribution < 1.29 is 14.3 Å². The van der Waals surface area contributed by atoms with Gasteiger partial charge < -0.3 is 15.0 Å². The number of hydrogen-bond donors (Lipinski definition) is 2. The van der Waals surface area contributed by atoms with Crippen LogP contribution in [0, 0.1) is 0 Å². The Balaban J connectivity index is 1.60. The molecule has 0 atom stereocenters. The zero-order chi connectivity index (χ0) is 20.2. The number of carbonyl (C=O) groups is 2. The number of rotatable bonds is 2. The standard InChI is InChI=1S/C22H20BrN3O3/c1-29-15-4-2-13-10-18(25-17(13)12-15)20(27)26-19-5-3-14(23)11-16(19)22(21(26)28)6-8-24-9-7-22/h2-5,10-12,24-25H,6-9H2,1H3. The van der Waals surface area contributed by atoms with Crippen LogP contribution in [-0.2, 0) is 10.2 Å². The number of nitrogens with zero attached hydrogens (tertiary/aromatic N) is 1. The van der Waals surface area contributed by atoms with Crippen LogP contribution in [0.3, 0.4) is 0 Å². The maximum Gasteiger partial charge on any atom is 0.281 e. The molecule has 2 aromatic carbocycles. The Labute approximate surface area is 176 Å². The molecule has 0 unspecified atom stereocenters. The summed E-state index contributed by atoms with van der Waals surface area (Å²) in [6.45, 7) is 1.51. The van der Waals surface area contributed by atoms with E-state index in [9.17, 15) is 9.59 Å². The van der Waals surface area contributed by atoms with E-state index in [-0.39, 0.29) is 11.8 Å². The van der Waals surface area contributed by atoms with Gasteiger partial charge in [-0.1, -0.05) is 15.9 Å². The van der Waals surface area contributed by atoms with E-state index in [0.29, 0.717) is 30.0 Å². The first kappa shape index (κ1) is 18.4. The number of nitrogens with one attached hydrogen (secondary N) is 2. The molecular weight excluding hydrogens is 434 g/mol. The third-order valence-electron chi connectivity index (χ3n) is 6.05. The summed E-state index contributed by atoms with van der Waals surface area (Å²) in [7, 11) is 1.60. The lowest BCUT2D eigenvalue weighted by molar-refractivity contribution is -0.123. The Bertz CT molecular complexity index is 1150. The largest absolute Gasteiger partial charge is 0.497 e. The van der Waals surface area contributed by atoms with Crippen molar-refractivity contribution in [2.45, 2.75) is 18.3 Å². The number of halogens is 1. The van der Waals surface area contributed by atoms with Gasteiger partial charge >= 0.3 is 0 Å². The zero-order valence-electron chi connectivity index (χ0n) is 15.9. The first-order valence-electron chi connectivity index (χ1n) is 9.60. The van der Waals surface area contributed by atoms with E-state index in [1.54, 1.807) is 13.2 Å². The van der Waals surface area contributed by atoms with Gasteiger partial charge in [-0.2, -0.15) is 0 Å².